The molecular formula is C15H17BrO4S. The highest BCUT2D eigenvalue weighted by molar-refractivity contribution is 9.10. The first-order valence-corrected chi connectivity index (χ1v) is 8.94. The summed E-state index contributed by atoms with van der Waals surface area (Å²) in [5, 5.41) is 9.30. The van der Waals surface area contributed by atoms with Gasteiger partial charge in [0.25, 0.3) is 0 Å². The Balaban J connectivity index is 1.75. The normalized spacial score (nSPS) is 28.7. The fourth-order valence-corrected chi connectivity index (χ4v) is 4.64. The van der Waals surface area contributed by atoms with Crippen molar-refractivity contribution in [2.75, 3.05) is 18.1 Å². The Morgan fingerprint density at radius 1 is 1.52 bits per heavy atom. The van der Waals surface area contributed by atoms with Crippen molar-refractivity contribution < 1.29 is 19.4 Å². The van der Waals surface area contributed by atoms with E-state index in [9.17, 15) is 9.90 Å². The summed E-state index contributed by atoms with van der Waals surface area (Å²) in [6.45, 7) is 0.685. The molecule has 1 spiro atoms. The minimum atomic E-state index is -0.968. The molecule has 1 N–H and O–H groups in total. The van der Waals surface area contributed by atoms with E-state index in [-0.39, 0.29) is 17.3 Å². The molecule has 0 amide bonds. The number of thioether (sulfide) groups is 1. The highest BCUT2D eigenvalue weighted by Crippen LogP contribution is 2.39. The van der Waals surface area contributed by atoms with Gasteiger partial charge in [-0.05, 0) is 30.4 Å². The molecule has 21 heavy (non-hydrogen) atoms. The summed E-state index contributed by atoms with van der Waals surface area (Å²) in [6.07, 6.45) is 2.73. The van der Waals surface area contributed by atoms with Gasteiger partial charge >= 0.3 is 5.97 Å². The standard InChI is InChI=1S/C15H17BrO4S/c16-10-1-2-13(12(7-10)14(17)18)20-11-3-5-19-15(8-11)4-6-21-9-15/h1-2,7,11H,3-6,8-9H2,(H,17,18). The van der Waals surface area contributed by atoms with Gasteiger partial charge in [0, 0.05) is 23.1 Å². The molecule has 1 aromatic carbocycles. The van der Waals surface area contributed by atoms with Crippen LogP contribution < -0.4 is 4.74 Å². The molecule has 0 radical (unpaired) electrons. The fraction of sp³-hybridized carbons (Fsp3) is 0.533. The fourth-order valence-electron chi connectivity index (χ4n) is 2.90. The van der Waals surface area contributed by atoms with Crippen LogP contribution in [0.1, 0.15) is 29.6 Å². The van der Waals surface area contributed by atoms with Gasteiger partial charge in [0.05, 0.1) is 12.2 Å². The number of benzene rings is 1. The molecule has 2 aliphatic heterocycles. The zero-order valence-electron chi connectivity index (χ0n) is 11.5. The summed E-state index contributed by atoms with van der Waals surface area (Å²) in [5.41, 5.74) is 0.137. The van der Waals surface area contributed by atoms with Crippen LogP contribution in [0.2, 0.25) is 0 Å². The van der Waals surface area contributed by atoms with Gasteiger partial charge in [-0.2, -0.15) is 11.8 Å². The molecular weight excluding hydrogens is 356 g/mol. The summed E-state index contributed by atoms with van der Waals surface area (Å²) in [6, 6.07) is 5.11. The third kappa shape index (κ3) is 3.38. The van der Waals surface area contributed by atoms with Crippen LogP contribution in [-0.4, -0.2) is 40.9 Å². The number of aromatic carboxylic acids is 1. The molecule has 0 aromatic heterocycles. The van der Waals surface area contributed by atoms with Crippen LogP contribution in [0.25, 0.3) is 0 Å². The Kier molecular flexibility index (Phi) is 4.47. The summed E-state index contributed by atoms with van der Waals surface area (Å²) in [5.74, 6) is 1.62. The van der Waals surface area contributed by atoms with Gasteiger partial charge < -0.3 is 14.6 Å². The lowest BCUT2D eigenvalue weighted by atomic mass is 9.91. The number of carboxylic acids is 1. The molecule has 2 saturated heterocycles. The molecule has 2 fully saturated rings. The average Bonchev–Trinajstić information content (AvgIpc) is 2.88. The maximum Gasteiger partial charge on any atom is 0.339 e. The van der Waals surface area contributed by atoms with E-state index in [4.69, 9.17) is 9.47 Å². The minimum absolute atomic E-state index is 0.0247. The van der Waals surface area contributed by atoms with Crippen LogP contribution in [0.4, 0.5) is 0 Å². The van der Waals surface area contributed by atoms with Gasteiger partial charge in [-0.25, -0.2) is 4.79 Å². The van der Waals surface area contributed by atoms with Gasteiger partial charge in [-0.15, -0.1) is 0 Å². The van der Waals surface area contributed by atoms with Crippen molar-refractivity contribution in [3.8, 4) is 5.75 Å². The first-order chi connectivity index (χ1) is 10.1. The molecule has 114 valence electrons. The number of rotatable bonds is 3. The van der Waals surface area contributed by atoms with E-state index < -0.39 is 5.97 Å². The van der Waals surface area contributed by atoms with Crippen molar-refractivity contribution in [1.82, 2.24) is 0 Å². The van der Waals surface area contributed by atoms with Crippen LogP contribution in [0.15, 0.2) is 22.7 Å². The predicted octanol–water partition coefficient (Wildman–Crippen LogP) is 3.58. The van der Waals surface area contributed by atoms with E-state index in [1.165, 1.54) is 0 Å². The van der Waals surface area contributed by atoms with Gasteiger partial charge in [0.15, 0.2) is 0 Å². The molecule has 2 heterocycles. The molecule has 2 unspecified atom stereocenters. The van der Waals surface area contributed by atoms with Crippen molar-refractivity contribution in [3.05, 3.63) is 28.2 Å². The van der Waals surface area contributed by atoms with Crippen molar-refractivity contribution >= 4 is 33.7 Å². The molecule has 2 atom stereocenters. The Bertz CT molecular complexity index is 542. The first kappa shape index (κ1) is 15.2. The van der Waals surface area contributed by atoms with E-state index in [1.54, 1.807) is 12.1 Å². The highest BCUT2D eigenvalue weighted by atomic mass is 79.9. The number of ether oxygens (including phenoxy) is 2. The van der Waals surface area contributed by atoms with Crippen LogP contribution in [0, 0.1) is 0 Å². The number of carboxylic acid groups (broad SMARTS) is 1. The maximum absolute atomic E-state index is 11.3. The Labute approximate surface area is 136 Å². The molecule has 1 aromatic rings. The van der Waals surface area contributed by atoms with E-state index in [1.807, 2.05) is 17.8 Å². The zero-order valence-corrected chi connectivity index (χ0v) is 13.9. The van der Waals surface area contributed by atoms with E-state index in [0.717, 1.165) is 35.2 Å². The third-order valence-corrected chi connectivity index (χ3v) is 5.70. The van der Waals surface area contributed by atoms with Crippen molar-refractivity contribution in [1.29, 1.82) is 0 Å². The predicted molar refractivity (Wildman–Crippen MR) is 85.4 cm³/mol. The molecule has 6 heteroatoms. The highest BCUT2D eigenvalue weighted by Gasteiger charge is 2.41. The summed E-state index contributed by atoms with van der Waals surface area (Å²) < 4.78 is 12.7. The number of hydrogen-bond acceptors (Lipinski definition) is 4. The van der Waals surface area contributed by atoms with Crippen LogP contribution >= 0.6 is 27.7 Å². The van der Waals surface area contributed by atoms with Gasteiger partial charge in [-0.1, -0.05) is 15.9 Å². The lowest BCUT2D eigenvalue weighted by molar-refractivity contribution is -0.0959. The molecule has 3 rings (SSSR count). The summed E-state index contributed by atoms with van der Waals surface area (Å²) >= 11 is 5.21. The maximum atomic E-state index is 11.3. The number of hydrogen-bond donors (Lipinski definition) is 1. The summed E-state index contributed by atoms with van der Waals surface area (Å²) in [4.78, 5) is 11.3. The Hall–Kier alpha value is -0.720. The van der Waals surface area contributed by atoms with Crippen LogP contribution in [0.3, 0.4) is 0 Å². The lowest BCUT2D eigenvalue weighted by Crippen LogP contribution is -2.44. The molecule has 4 nitrogen and oxygen atoms in total. The van der Waals surface area contributed by atoms with Crippen LogP contribution in [-0.2, 0) is 4.74 Å². The van der Waals surface area contributed by atoms with E-state index >= 15 is 0 Å². The van der Waals surface area contributed by atoms with E-state index in [0.29, 0.717) is 12.4 Å². The second-order valence-corrected chi connectivity index (χ2v) is 7.53. The monoisotopic (exact) mass is 372 g/mol. The second kappa shape index (κ2) is 6.18. The van der Waals surface area contributed by atoms with Crippen LogP contribution in [0.5, 0.6) is 5.75 Å². The van der Waals surface area contributed by atoms with Crippen molar-refractivity contribution in [3.63, 3.8) is 0 Å². The Morgan fingerprint density at radius 3 is 3.10 bits per heavy atom. The van der Waals surface area contributed by atoms with Gasteiger partial charge in [0.2, 0.25) is 0 Å². The van der Waals surface area contributed by atoms with Gasteiger partial charge in [-0.3, -0.25) is 0 Å². The molecule has 0 saturated carbocycles. The molecule has 2 aliphatic rings. The largest absolute Gasteiger partial charge is 0.489 e. The zero-order chi connectivity index (χ0) is 14.9. The van der Waals surface area contributed by atoms with Crippen molar-refractivity contribution in [2.24, 2.45) is 0 Å². The number of carbonyl (C=O) groups is 1. The lowest BCUT2D eigenvalue weighted by Gasteiger charge is -2.37. The SMILES string of the molecule is O=C(O)c1cc(Br)ccc1OC1CCOC2(CCSC2)C1. The minimum Gasteiger partial charge on any atom is -0.489 e. The molecule has 0 bridgehead atoms. The quantitative estimate of drug-likeness (QED) is 0.878. The first-order valence-electron chi connectivity index (χ1n) is 6.99. The van der Waals surface area contributed by atoms with Crippen molar-refractivity contribution in [2.45, 2.75) is 31.0 Å². The number of halogens is 1. The Morgan fingerprint density at radius 2 is 2.38 bits per heavy atom. The topological polar surface area (TPSA) is 55.8 Å². The van der Waals surface area contributed by atoms with Gasteiger partial charge in [0.1, 0.15) is 17.4 Å². The summed E-state index contributed by atoms with van der Waals surface area (Å²) in [7, 11) is 0. The van der Waals surface area contributed by atoms with E-state index in [2.05, 4.69) is 15.9 Å². The second-order valence-electron chi connectivity index (χ2n) is 5.51. The molecule has 0 aliphatic carbocycles. The smallest absolute Gasteiger partial charge is 0.339 e. The third-order valence-electron chi connectivity index (χ3n) is 3.98. The average molecular weight is 373 g/mol.